The first kappa shape index (κ1) is 17.8. The molecule has 0 aromatic heterocycles. The smallest absolute Gasteiger partial charge is 0.309 e. The topological polar surface area (TPSA) is 59.8 Å². The number of likely N-dealkylation sites (tertiary alicyclic amines) is 1. The van der Waals surface area contributed by atoms with Crippen LogP contribution in [0.2, 0.25) is 5.02 Å². The number of benzene rings is 1. The Hall–Kier alpha value is -1.59. The predicted octanol–water partition coefficient (Wildman–Crippen LogP) is 1.44. The molecule has 6 heteroatoms. The van der Waals surface area contributed by atoms with E-state index in [9.17, 15) is 9.59 Å². The van der Waals surface area contributed by atoms with Crippen molar-refractivity contribution < 1.29 is 19.2 Å². The Balaban J connectivity index is 1.78. The zero-order valence-electron chi connectivity index (χ0n) is 13.7. The maximum absolute atomic E-state index is 12.1. The number of aryl methyl sites for hydroxylation is 1. The van der Waals surface area contributed by atoms with Gasteiger partial charge in [0.2, 0.25) is 0 Å². The molecule has 126 valence electrons. The summed E-state index contributed by atoms with van der Waals surface area (Å²) in [7, 11) is 0. The molecule has 1 saturated heterocycles. The number of carbonyl (C=O) groups excluding carboxylic acids is 2. The lowest BCUT2D eigenvalue weighted by Crippen LogP contribution is -3.14. The van der Waals surface area contributed by atoms with E-state index in [1.165, 1.54) is 4.90 Å². The van der Waals surface area contributed by atoms with Crippen molar-refractivity contribution in [3.05, 3.63) is 28.8 Å². The van der Waals surface area contributed by atoms with E-state index in [-0.39, 0.29) is 17.8 Å². The maximum Gasteiger partial charge on any atom is 0.309 e. The number of piperidine rings is 1. The summed E-state index contributed by atoms with van der Waals surface area (Å²) in [6.07, 6.45) is 1.55. The molecule has 23 heavy (non-hydrogen) atoms. The minimum absolute atomic E-state index is 0.0160. The maximum atomic E-state index is 12.1. The highest BCUT2D eigenvalue weighted by molar-refractivity contribution is 6.31. The number of hydrogen-bond acceptors (Lipinski definition) is 3. The zero-order chi connectivity index (χ0) is 16.8. The first-order valence-corrected chi connectivity index (χ1v) is 8.43. The van der Waals surface area contributed by atoms with Crippen molar-refractivity contribution in [1.82, 2.24) is 0 Å². The summed E-state index contributed by atoms with van der Waals surface area (Å²) in [4.78, 5) is 25.0. The fourth-order valence-corrected chi connectivity index (χ4v) is 2.98. The second-order valence-electron chi connectivity index (χ2n) is 5.97. The molecule has 1 aliphatic rings. The standard InChI is InChI=1S/C17H23ClN2O3/c1-3-23-17(22)13-6-8-20(9-7-13)11-16(21)19-14-5-4-12(2)15(18)10-14/h4-5,10,13H,3,6-9,11H2,1-2H3,(H,19,21)/p+1. The SMILES string of the molecule is CCOC(=O)C1CC[NH+](CC(=O)Nc2ccc(C)c(Cl)c2)CC1. The van der Waals surface area contributed by atoms with Crippen molar-refractivity contribution >= 4 is 29.2 Å². The van der Waals surface area contributed by atoms with Gasteiger partial charge in [0.25, 0.3) is 5.91 Å². The van der Waals surface area contributed by atoms with Gasteiger partial charge in [-0.2, -0.15) is 0 Å². The first-order valence-electron chi connectivity index (χ1n) is 8.05. The molecule has 0 spiro atoms. The van der Waals surface area contributed by atoms with Gasteiger partial charge in [-0.3, -0.25) is 9.59 Å². The normalized spacial score (nSPS) is 20.8. The number of carbonyl (C=O) groups is 2. The molecule has 5 nitrogen and oxygen atoms in total. The Kier molecular flexibility index (Phi) is 6.42. The molecule has 1 aromatic rings. The molecule has 0 aliphatic carbocycles. The molecule has 0 atom stereocenters. The second-order valence-corrected chi connectivity index (χ2v) is 6.37. The average molecular weight is 340 g/mol. The van der Waals surface area contributed by atoms with Crippen LogP contribution in [0.25, 0.3) is 0 Å². The van der Waals surface area contributed by atoms with E-state index in [2.05, 4.69) is 5.32 Å². The first-order chi connectivity index (χ1) is 11.0. The van der Waals surface area contributed by atoms with Crippen LogP contribution in [0, 0.1) is 12.8 Å². The summed E-state index contributed by atoms with van der Waals surface area (Å²) in [6, 6.07) is 5.49. The molecule has 0 bridgehead atoms. The van der Waals surface area contributed by atoms with Crippen LogP contribution in [0.3, 0.4) is 0 Å². The van der Waals surface area contributed by atoms with Gasteiger partial charge in [0.1, 0.15) is 0 Å². The Bertz CT molecular complexity index is 569. The van der Waals surface area contributed by atoms with E-state index in [0.29, 0.717) is 23.9 Å². The number of halogens is 1. The highest BCUT2D eigenvalue weighted by atomic mass is 35.5. The number of esters is 1. The number of rotatable bonds is 5. The van der Waals surface area contributed by atoms with Gasteiger partial charge in [0.15, 0.2) is 6.54 Å². The van der Waals surface area contributed by atoms with E-state index in [0.717, 1.165) is 31.5 Å². The number of quaternary nitrogens is 1. The fraction of sp³-hybridized carbons (Fsp3) is 0.529. The molecule has 2 rings (SSSR count). The van der Waals surface area contributed by atoms with Gasteiger partial charge in [-0.15, -0.1) is 0 Å². The summed E-state index contributed by atoms with van der Waals surface area (Å²) in [5.74, 6) is -0.155. The Morgan fingerprint density at radius 1 is 1.35 bits per heavy atom. The molecular weight excluding hydrogens is 316 g/mol. The molecular formula is C17H24ClN2O3+. The van der Waals surface area contributed by atoms with E-state index in [4.69, 9.17) is 16.3 Å². The highest BCUT2D eigenvalue weighted by Crippen LogP contribution is 2.19. The molecule has 1 fully saturated rings. The van der Waals surface area contributed by atoms with E-state index in [1.807, 2.05) is 26.0 Å². The molecule has 1 heterocycles. The van der Waals surface area contributed by atoms with Crippen molar-refractivity contribution in [1.29, 1.82) is 0 Å². The van der Waals surface area contributed by atoms with Crippen LogP contribution in [0.15, 0.2) is 18.2 Å². The minimum Gasteiger partial charge on any atom is -0.466 e. The molecule has 1 amide bonds. The summed E-state index contributed by atoms with van der Waals surface area (Å²) in [6.45, 7) is 6.19. The summed E-state index contributed by atoms with van der Waals surface area (Å²) in [5, 5.41) is 3.52. The van der Waals surface area contributed by atoms with Gasteiger partial charge in [-0.05, 0) is 31.5 Å². The lowest BCUT2D eigenvalue weighted by atomic mass is 9.97. The quantitative estimate of drug-likeness (QED) is 0.798. The molecule has 0 saturated carbocycles. The van der Waals surface area contributed by atoms with E-state index in [1.54, 1.807) is 6.07 Å². The lowest BCUT2D eigenvalue weighted by molar-refractivity contribution is -0.897. The summed E-state index contributed by atoms with van der Waals surface area (Å²) >= 11 is 6.06. The number of hydrogen-bond donors (Lipinski definition) is 2. The molecule has 0 unspecified atom stereocenters. The highest BCUT2D eigenvalue weighted by Gasteiger charge is 2.29. The van der Waals surface area contributed by atoms with Gasteiger partial charge < -0.3 is 15.0 Å². The van der Waals surface area contributed by atoms with Crippen molar-refractivity contribution in [2.45, 2.75) is 26.7 Å². The number of anilines is 1. The van der Waals surface area contributed by atoms with Crippen LogP contribution in [-0.4, -0.2) is 38.1 Å². The molecule has 0 radical (unpaired) electrons. The number of amides is 1. The van der Waals surface area contributed by atoms with Gasteiger partial charge >= 0.3 is 5.97 Å². The third kappa shape index (κ3) is 5.22. The van der Waals surface area contributed by atoms with Gasteiger partial charge in [0.05, 0.1) is 25.6 Å². The fourth-order valence-electron chi connectivity index (χ4n) is 2.80. The third-order valence-corrected chi connectivity index (χ3v) is 4.59. The monoisotopic (exact) mass is 339 g/mol. The number of ether oxygens (including phenoxy) is 1. The van der Waals surface area contributed by atoms with Crippen molar-refractivity contribution in [3.63, 3.8) is 0 Å². The molecule has 1 aromatic carbocycles. The van der Waals surface area contributed by atoms with Gasteiger partial charge in [-0.25, -0.2) is 0 Å². The minimum atomic E-state index is -0.106. The lowest BCUT2D eigenvalue weighted by Gasteiger charge is -2.27. The third-order valence-electron chi connectivity index (χ3n) is 4.18. The Labute approximate surface area is 141 Å². The Morgan fingerprint density at radius 3 is 2.65 bits per heavy atom. The largest absolute Gasteiger partial charge is 0.466 e. The van der Waals surface area contributed by atoms with Crippen LogP contribution in [0.5, 0.6) is 0 Å². The van der Waals surface area contributed by atoms with Crippen molar-refractivity contribution in [2.24, 2.45) is 5.92 Å². The summed E-state index contributed by atoms with van der Waals surface area (Å²) in [5.41, 5.74) is 1.70. The second kappa shape index (κ2) is 8.31. The average Bonchev–Trinajstić information content (AvgIpc) is 2.52. The zero-order valence-corrected chi connectivity index (χ0v) is 14.4. The van der Waals surface area contributed by atoms with Crippen LogP contribution in [-0.2, 0) is 14.3 Å². The van der Waals surface area contributed by atoms with Gasteiger partial charge in [-0.1, -0.05) is 17.7 Å². The number of nitrogens with one attached hydrogen (secondary N) is 2. The van der Waals surface area contributed by atoms with E-state index < -0.39 is 0 Å². The van der Waals surface area contributed by atoms with Crippen LogP contribution < -0.4 is 10.2 Å². The molecule has 1 aliphatic heterocycles. The summed E-state index contributed by atoms with van der Waals surface area (Å²) < 4.78 is 5.06. The van der Waals surface area contributed by atoms with Crippen LogP contribution in [0.1, 0.15) is 25.3 Å². The van der Waals surface area contributed by atoms with Gasteiger partial charge in [0, 0.05) is 23.6 Å². The Morgan fingerprint density at radius 2 is 2.04 bits per heavy atom. The van der Waals surface area contributed by atoms with Crippen molar-refractivity contribution in [3.8, 4) is 0 Å². The van der Waals surface area contributed by atoms with Crippen molar-refractivity contribution in [2.75, 3.05) is 31.6 Å². The van der Waals surface area contributed by atoms with Crippen LogP contribution >= 0.6 is 11.6 Å². The molecule has 2 N–H and O–H groups in total. The van der Waals surface area contributed by atoms with E-state index >= 15 is 0 Å². The predicted molar refractivity (Wildman–Crippen MR) is 89.7 cm³/mol. The van der Waals surface area contributed by atoms with Crippen LogP contribution in [0.4, 0.5) is 5.69 Å².